The van der Waals surface area contributed by atoms with Crippen molar-refractivity contribution in [2.24, 2.45) is 0 Å². The van der Waals surface area contributed by atoms with E-state index in [1.807, 2.05) is 12.1 Å². The Labute approximate surface area is 182 Å². The molecule has 4 rings (SSSR count). The van der Waals surface area contributed by atoms with Crippen LogP contribution in [0.15, 0.2) is 22.8 Å². The molecule has 8 nitrogen and oxygen atoms in total. The Morgan fingerprint density at radius 1 is 1.25 bits per heavy atom. The van der Waals surface area contributed by atoms with Crippen LogP contribution in [-0.2, 0) is 17.4 Å². The highest BCUT2D eigenvalue weighted by Gasteiger charge is 2.37. The van der Waals surface area contributed by atoms with Crippen LogP contribution < -0.4 is 5.32 Å². The molecule has 3 aromatic rings. The average Bonchev–Trinajstić information content (AvgIpc) is 3.49. The van der Waals surface area contributed by atoms with Crippen molar-refractivity contribution in [1.82, 2.24) is 29.8 Å². The molecule has 1 aliphatic heterocycles. The summed E-state index contributed by atoms with van der Waals surface area (Å²) in [5.74, 6) is -0.657. The first-order chi connectivity index (χ1) is 15.2. The summed E-state index contributed by atoms with van der Waals surface area (Å²) in [6, 6.07) is 3.73. The minimum atomic E-state index is -4.64. The van der Waals surface area contributed by atoms with Gasteiger partial charge in [-0.25, -0.2) is 9.50 Å². The summed E-state index contributed by atoms with van der Waals surface area (Å²) in [6.45, 7) is 5.71. The summed E-state index contributed by atoms with van der Waals surface area (Å²) >= 11 is 0. The van der Waals surface area contributed by atoms with Crippen LogP contribution in [0, 0.1) is 13.8 Å². The van der Waals surface area contributed by atoms with E-state index in [1.54, 1.807) is 20.1 Å². The second kappa shape index (κ2) is 8.89. The van der Waals surface area contributed by atoms with E-state index in [0.29, 0.717) is 29.9 Å². The third kappa shape index (κ3) is 4.62. The molecule has 0 aliphatic carbocycles. The molecule has 1 aliphatic rings. The number of halogens is 3. The van der Waals surface area contributed by atoms with E-state index in [4.69, 9.17) is 4.42 Å². The van der Waals surface area contributed by atoms with Gasteiger partial charge in [-0.15, -0.1) is 5.10 Å². The number of nitrogens with one attached hydrogen (secondary N) is 1. The van der Waals surface area contributed by atoms with E-state index >= 15 is 0 Å². The summed E-state index contributed by atoms with van der Waals surface area (Å²) in [6.07, 6.45) is -0.254. The van der Waals surface area contributed by atoms with Gasteiger partial charge in [-0.05, 0) is 63.9 Å². The molecular weight excluding hydrogens is 425 g/mol. The van der Waals surface area contributed by atoms with Crippen LogP contribution in [-0.4, -0.2) is 50.0 Å². The fraction of sp³-hybridized carbons (Fsp3) is 0.524. The first-order valence-electron chi connectivity index (χ1n) is 10.6. The van der Waals surface area contributed by atoms with Crippen molar-refractivity contribution in [2.45, 2.75) is 51.7 Å². The number of hydrogen-bond donors (Lipinski definition) is 1. The Morgan fingerprint density at radius 3 is 2.66 bits per heavy atom. The highest BCUT2D eigenvalue weighted by molar-refractivity contribution is 5.76. The fourth-order valence-corrected chi connectivity index (χ4v) is 4.17. The van der Waals surface area contributed by atoms with Crippen molar-refractivity contribution in [3.8, 4) is 0 Å². The number of aromatic nitrogens is 4. The quantitative estimate of drug-likeness (QED) is 0.595. The van der Waals surface area contributed by atoms with Gasteiger partial charge in [0, 0.05) is 24.4 Å². The van der Waals surface area contributed by atoms with Crippen LogP contribution in [0.3, 0.4) is 0 Å². The smallest absolute Gasteiger partial charge is 0.453 e. The second-order valence-electron chi connectivity index (χ2n) is 7.98. The van der Waals surface area contributed by atoms with Crippen LogP contribution in [0.2, 0.25) is 0 Å². The minimum Gasteiger partial charge on any atom is -0.468 e. The largest absolute Gasteiger partial charge is 0.468 e. The summed E-state index contributed by atoms with van der Waals surface area (Å²) in [5, 5.41) is 6.52. The molecule has 0 spiro atoms. The van der Waals surface area contributed by atoms with Crippen molar-refractivity contribution in [3.63, 3.8) is 0 Å². The van der Waals surface area contributed by atoms with Crippen molar-refractivity contribution in [3.05, 3.63) is 46.9 Å². The van der Waals surface area contributed by atoms with Gasteiger partial charge in [-0.3, -0.25) is 9.69 Å². The zero-order valence-electron chi connectivity index (χ0n) is 17.9. The molecule has 0 bridgehead atoms. The van der Waals surface area contributed by atoms with Crippen molar-refractivity contribution in [2.75, 3.05) is 19.6 Å². The zero-order chi connectivity index (χ0) is 22.9. The van der Waals surface area contributed by atoms with E-state index in [0.717, 1.165) is 36.2 Å². The second-order valence-corrected chi connectivity index (χ2v) is 7.98. The summed E-state index contributed by atoms with van der Waals surface area (Å²) in [4.78, 5) is 22.5. The van der Waals surface area contributed by atoms with E-state index < -0.39 is 12.0 Å². The lowest BCUT2D eigenvalue weighted by Gasteiger charge is -2.26. The number of rotatable bonds is 7. The number of likely N-dealkylation sites (tertiary alicyclic amines) is 1. The molecule has 172 valence electrons. The number of hydrogen-bond acceptors (Lipinski definition) is 6. The predicted molar refractivity (Wildman–Crippen MR) is 109 cm³/mol. The molecule has 1 fully saturated rings. The molecule has 0 unspecified atom stereocenters. The molecule has 1 N–H and O–H groups in total. The van der Waals surface area contributed by atoms with Crippen molar-refractivity contribution < 1.29 is 22.4 Å². The molecule has 1 atom stereocenters. The Bertz CT molecular complexity index is 1090. The lowest BCUT2D eigenvalue weighted by molar-refractivity contribution is -0.144. The highest BCUT2D eigenvalue weighted by Crippen LogP contribution is 2.27. The number of alkyl halides is 3. The van der Waals surface area contributed by atoms with Crippen molar-refractivity contribution >= 4 is 11.7 Å². The molecule has 32 heavy (non-hydrogen) atoms. The van der Waals surface area contributed by atoms with E-state index in [9.17, 15) is 18.0 Å². The zero-order valence-corrected chi connectivity index (χ0v) is 17.9. The van der Waals surface area contributed by atoms with Crippen LogP contribution in [0.25, 0.3) is 5.78 Å². The molecule has 0 saturated carbocycles. The van der Waals surface area contributed by atoms with Gasteiger partial charge >= 0.3 is 6.18 Å². The Morgan fingerprint density at radius 2 is 2.00 bits per heavy atom. The summed E-state index contributed by atoms with van der Waals surface area (Å²) in [5.41, 5.74) is 1.72. The van der Waals surface area contributed by atoms with Gasteiger partial charge in [-0.1, -0.05) is 0 Å². The van der Waals surface area contributed by atoms with Gasteiger partial charge in [0.2, 0.25) is 5.91 Å². The lowest BCUT2D eigenvalue weighted by Crippen LogP contribution is -2.36. The number of furan rings is 1. The fourth-order valence-electron chi connectivity index (χ4n) is 4.17. The number of carbonyl (C=O) groups is 1. The maximum atomic E-state index is 12.9. The number of fused-ring (bicyclic) bond motifs is 1. The van der Waals surface area contributed by atoms with Crippen LogP contribution >= 0.6 is 0 Å². The van der Waals surface area contributed by atoms with Crippen molar-refractivity contribution in [1.29, 1.82) is 0 Å². The average molecular weight is 450 g/mol. The van der Waals surface area contributed by atoms with Gasteiger partial charge in [0.05, 0.1) is 12.3 Å². The number of nitrogens with zero attached hydrogens (tertiary/aromatic N) is 5. The highest BCUT2D eigenvalue weighted by atomic mass is 19.4. The standard InChI is InChI=1S/C21H25F3N6O2/c1-13-15(14(2)30-20(26-13)27-19(28-30)21(22,23)24)7-8-18(31)25-12-16(17-6-5-11-32-17)29-9-3-4-10-29/h5-6,11,16H,3-4,7-10,12H2,1-2H3,(H,25,31)/t16-/m1/s1. The number of amides is 1. The van der Waals surface area contributed by atoms with Crippen LogP contribution in [0.1, 0.15) is 53.8 Å². The van der Waals surface area contributed by atoms with Gasteiger partial charge < -0.3 is 9.73 Å². The molecule has 0 aromatic carbocycles. The predicted octanol–water partition coefficient (Wildman–Crippen LogP) is 3.24. The number of carbonyl (C=O) groups excluding carboxylic acids is 1. The lowest BCUT2D eigenvalue weighted by atomic mass is 10.1. The maximum Gasteiger partial charge on any atom is 0.453 e. The molecule has 0 radical (unpaired) electrons. The minimum absolute atomic E-state index is 0.0196. The monoisotopic (exact) mass is 450 g/mol. The van der Waals surface area contributed by atoms with E-state index in [2.05, 4.69) is 25.3 Å². The third-order valence-corrected chi connectivity index (χ3v) is 5.85. The van der Waals surface area contributed by atoms with Gasteiger partial charge in [0.25, 0.3) is 11.6 Å². The third-order valence-electron chi connectivity index (χ3n) is 5.85. The number of aryl methyl sites for hydroxylation is 2. The van der Waals surface area contributed by atoms with Gasteiger partial charge in [-0.2, -0.15) is 18.2 Å². The molecule has 4 heterocycles. The first kappa shape index (κ1) is 22.3. The molecule has 1 saturated heterocycles. The Kier molecular flexibility index (Phi) is 6.18. The summed E-state index contributed by atoms with van der Waals surface area (Å²) < 4.78 is 45.5. The molecule has 3 aromatic heterocycles. The van der Waals surface area contributed by atoms with E-state index in [1.165, 1.54) is 0 Å². The maximum absolute atomic E-state index is 12.9. The Balaban J connectivity index is 1.42. The SMILES string of the molecule is Cc1nc2nc(C(F)(F)F)nn2c(C)c1CCC(=O)NC[C@H](c1ccco1)N1CCCC1. The van der Waals surface area contributed by atoms with Crippen LogP contribution in [0.5, 0.6) is 0 Å². The Hall–Kier alpha value is -2.95. The van der Waals surface area contributed by atoms with Crippen LogP contribution in [0.4, 0.5) is 13.2 Å². The summed E-state index contributed by atoms with van der Waals surface area (Å²) in [7, 11) is 0. The van der Waals surface area contributed by atoms with Gasteiger partial charge in [0.15, 0.2) is 0 Å². The molecule has 11 heteroatoms. The molecule has 1 amide bonds. The molecular formula is C21H25F3N6O2. The topological polar surface area (TPSA) is 88.6 Å². The van der Waals surface area contributed by atoms with E-state index in [-0.39, 0.29) is 24.1 Å². The van der Waals surface area contributed by atoms with Gasteiger partial charge in [0.1, 0.15) is 5.76 Å². The first-order valence-corrected chi connectivity index (χ1v) is 10.6. The normalized spacial score (nSPS) is 16.0.